The number of benzene rings is 1. The van der Waals surface area contributed by atoms with Gasteiger partial charge in [0.25, 0.3) is 0 Å². The second-order valence-corrected chi connectivity index (χ2v) is 8.42. The molecule has 1 heterocycles. The van der Waals surface area contributed by atoms with Gasteiger partial charge in [0, 0.05) is 24.8 Å². The largest absolute Gasteiger partial charge is 0.325 e. The molecule has 0 bridgehead atoms. The summed E-state index contributed by atoms with van der Waals surface area (Å²) in [4.78, 5) is 14.7. The van der Waals surface area contributed by atoms with Gasteiger partial charge < -0.3 is 5.32 Å². The highest BCUT2D eigenvalue weighted by molar-refractivity contribution is 7.89. The molecule has 7 heteroatoms. The first-order chi connectivity index (χ1) is 11.9. The van der Waals surface area contributed by atoms with Crippen LogP contribution in [0.5, 0.6) is 0 Å². The average molecular weight is 368 g/mol. The first kappa shape index (κ1) is 19.9. The number of hydrogen-bond donors (Lipinski definition) is 1. The van der Waals surface area contributed by atoms with Crippen LogP contribution in [0.1, 0.15) is 40.0 Å². The van der Waals surface area contributed by atoms with Crippen molar-refractivity contribution >= 4 is 21.6 Å². The minimum atomic E-state index is -3.46. The highest BCUT2D eigenvalue weighted by Crippen LogP contribution is 2.19. The number of rotatable bonds is 7. The van der Waals surface area contributed by atoms with Gasteiger partial charge in [-0.05, 0) is 50.6 Å². The monoisotopic (exact) mass is 367 g/mol. The Labute approximate surface area is 151 Å². The van der Waals surface area contributed by atoms with E-state index in [1.54, 1.807) is 24.3 Å². The highest BCUT2D eigenvalue weighted by Gasteiger charge is 2.22. The fraction of sp³-hybridized carbons (Fsp3) is 0.611. The molecule has 1 amide bonds. The lowest BCUT2D eigenvalue weighted by Crippen LogP contribution is -2.42. The summed E-state index contributed by atoms with van der Waals surface area (Å²) in [7, 11) is -3.46. The SMILES string of the molecule is CCN(CC)S(=O)(=O)c1ccc(NC(=O)CN2CCCC[C@@H]2C)cc1. The third-order valence-electron chi connectivity index (χ3n) is 4.77. The number of carbonyl (C=O) groups excluding carboxylic acids is 1. The van der Waals surface area contributed by atoms with E-state index in [4.69, 9.17) is 0 Å². The molecule has 1 fully saturated rings. The zero-order valence-electron chi connectivity index (χ0n) is 15.4. The Morgan fingerprint density at radius 1 is 1.20 bits per heavy atom. The van der Waals surface area contributed by atoms with Crippen LogP contribution >= 0.6 is 0 Å². The summed E-state index contributed by atoms with van der Waals surface area (Å²) in [5, 5.41) is 2.86. The van der Waals surface area contributed by atoms with E-state index in [0.29, 0.717) is 31.4 Å². The normalized spacial score (nSPS) is 19.1. The number of nitrogens with one attached hydrogen (secondary N) is 1. The number of sulfonamides is 1. The van der Waals surface area contributed by atoms with Gasteiger partial charge in [0.05, 0.1) is 11.4 Å². The van der Waals surface area contributed by atoms with Crippen molar-refractivity contribution in [2.75, 3.05) is 31.5 Å². The molecule has 0 saturated carbocycles. The molecule has 1 atom stereocenters. The summed E-state index contributed by atoms with van der Waals surface area (Å²) in [6.07, 6.45) is 3.49. The van der Waals surface area contributed by atoms with E-state index < -0.39 is 10.0 Å². The van der Waals surface area contributed by atoms with Crippen molar-refractivity contribution in [3.63, 3.8) is 0 Å². The molecule has 2 rings (SSSR count). The predicted octanol–water partition coefficient (Wildman–Crippen LogP) is 2.53. The Balaban J connectivity index is 1.99. The maximum absolute atomic E-state index is 12.5. The van der Waals surface area contributed by atoms with Gasteiger partial charge in [0.2, 0.25) is 15.9 Å². The van der Waals surface area contributed by atoms with E-state index >= 15 is 0 Å². The first-order valence-corrected chi connectivity index (χ1v) is 10.5. The van der Waals surface area contributed by atoms with Crippen molar-refractivity contribution in [1.29, 1.82) is 0 Å². The molecule has 1 aliphatic rings. The Bertz CT molecular complexity index is 669. The molecule has 0 radical (unpaired) electrons. The fourth-order valence-electron chi connectivity index (χ4n) is 3.20. The molecule has 1 aliphatic heterocycles. The van der Waals surface area contributed by atoms with Crippen LogP contribution in [0.4, 0.5) is 5.69 Å². The lowest BCUT2D eigenvalue weighted by molar-refractivity contribution is -0.118. The molecule has 1 saturated heterocycles. The molecule has 0 aromatic heterocycles. The summed E-state index contributed by atoms with van der Waals surface area (Å²) in [5.41, 5.74) is 0.619. The van der Waals surface area contributed by atoms with Crippen molar-refractivity contribution in [3.8, 4) is 0 Å². The number of nitrogens with zero attached hydrogens (tertiary/aromatic N) is 2. The van der Waals surface area contributed by atoms with Crippen LogP contribution in [-0.4, -0.2) is 55.8 Å². The second-order valence-electron chi connectivity index (χ2n) is 6.48. The second kappa shape index (κ2) is 8.78. The first-order valence-electron chi connectivity index (χ1n) is 9.02. The molecule has 1 aromatic rings. The van der Waals surface area contributed by atoms with E-state index in [0.717, 1.165) is 19.4 Å². The molecule has 6 nitrogen and oxygen atoms in total. The number of piperidine rings is 1. The quantitative estimate of drug-likeness (QED) is 0.804. The van der Waals surface area contributed by atoms with Crippen LogP contribution in [0.25, 0.3) is 0 Å². The Morgan fingerprint density at radius 3 is 2.40 bits per heavy atom. The zero-order chi connectivity index (χ0) is 18.4. The van der Waals surface area contributed by atoms with Crippen molar-refractivity contribution < 1.29 is 13.2 Å². The number of carbonyl (C=O) groups is 1. The summed E-state index contributed by atoms with van der Waals surface area (Å²) in [6, 6.07) is 6.82. The Morgan fingerprint density at radius 2 is 1.84 bits per heavy atom. The number of anilines is 1. The van der Waals surface area contributed by atoms with Gasteiger partial charge in [0.15, 0.2) is 0 Å². The summed E-state index contributed by atoms with van der Waals surface area (Å²) in [6.45, 7) is 7.99. The van der Waals surface area contributed by atoms with Gasteiger partial charge in [-0.15, -0.1) is 0 Å². The predicted molar refractivity (Wildman–Crippen MR) is 100 cm³/mol. The number of hydrogen-bond acceptors (Lipinski definition) is 4. The van der Waals surface area contributed by atoms with Gasteiger partial charge in [0.1, 0.15) is 0 Å². The van der Waals surface area contributed by atoms with Gasteiger partial charge in [-0.1, -0.05) is 20.3 Å². The molecule has 0 aliphatic carbocycles. The highest BCUT2D eigenvalue weighted by atomic mass is 32.2. The molecule has 140 valence electrons. The minimum Gasteiger partial charge on any atom is -0.325 e. The smallest absolute Gasteiger partial charge is 0.243 e. The zero-order valence-corrected chi connectivity index (χ0v) is 16.2. The van der Waals surface area contributed by atoms with Crippen molar-refractivity contribution in [2.24, 2.45) is 0 Å². The van der Waals surface area contributed by atoms with Gasteiger partial charge >= 0.3 is 0 Å². The Hall–Kier alpha value is -1.44. The molecule has 0 unspecified atom stereocenters. The Kier molecular flexibility index (Phi) is 6.98. The van der Waals surface area contributed by atoms with Gasteiger partial charge in [-0.2, -0.15) is 4.31 Å². The standard InChI is InChI=1S/C18H29N3O3S/c1-4-21(5-2)25(23,24)17-11-9-16(10-12-17)19-18(22)14-20-13-7-6-8-15(20)3/h9-12,15H,4-8,13-14H2,1-3H3,(H,19,22)/t15-/m0/s1. The van der Waals surface area contributed by atoms with E-state index in [9.17, 15) is 13.2 Å². The minimum absolute atomic E-state index is 0.0619. The fourth-order valence-corrected chi connectivity index (χ4v) is 4.66. The third kappa shape index (κ3) is 5.03. The molecule has 0 spiro atoms. The van der Waals surface area contributed by atoms with E-state index in [1.165, 1.54) is 10.7 Å². The van der Waals surface area contributed by atoms with Crippen LogP contribution in [0.3, 0.4) is 0 Å². The summed E-state index contributed by atoms with van der Waals surface area (Å²) < 4.78 is 26.3. The summed E-state index contributed by atoms with van der Waals surface area (Å²) in [5.74, 6) is -0.0619. The lowest BCUT2D eigenvalue weighted by atomic mass is 10.0. The number of amides is 1. The maximum Gasteiger partial charge on any atom is 0.243 e. The van der Waals surface area contributed by atoms with Crippen LogP contribution in [-0.2, 0) is 14.8 Å². The third-order valence-corrected chi connectivity index (χ3v) is 6.83. The molecule has 1 aromatic carbocycles. The van der Waals surface area contributed by atoms with Crippen LogP contribution < -0.4 is 5.32 Å². The lowest BCUT2D eigenvalue weighted by Gasteiger charge is -2.32. The van der Waals surface area contributed by atoms with Crippen molar-refractivity contribution in [3.05, 3.63) is 24.3 Å². The topological polar surface area (TPSA) is 69.7 Å². The van der Waals surface area contributed by atoms with E-state index in [-0.39, 0.29) is 10.8 Å². The van der Waals surface area contributed by atoms with Crippen LogP contribution in [0, 0.1) is 0 Å². The van der Waals surface area contributed by atoms with Crippen LogP contribution in [0.15, 0.2) is 29.2 Å². The molecular weight excluding hydrogens is 338 g/mol. The molecular formula is C18H29N3O3S. The average Bonchev–Trinajstić information content (AvgIpc) is 2.58. The molecule has 1 N–H and O–H groups in total. The molecule has 25 heavy (non-hydrogen) atoms. The van der Waals surface area contributed by atoms with Crippen molar-refractivity contribution in [2.45, 2.75) is 51.0 Å². The van der Waals surface area contributed by atoms with Crippen molar-refractivity contribution in [1.82, 2.24) is 9.21 Å². The number of likely N-dealkylation sites (tertiary alicyclic amines) is 1. The van der Waals surface area contributed by atoms with Gasteiger partial charge in [-0.3, -0.25) is 9.69 Å². The van der Waals surface area contributed by atoms with E-state index in [1.807, 2.05) is 13.8 Å². The van der Waals surface area contributed by atoms with E-state index in [2.05, 4.69) is 17.1 Å². The summed E-state index contributed by atoms with van der Waals surface area (Å²) >= 11 is 0. The van der Waals surface area contributed by atoms with Gasteiger partial charge in [-0.25, -0.2) is 8.42 Å². The maximum atomic E-state index is 12.5. The van der Waals surface area contributed by atoms with Crippen LogP contribution in [0.2, 0.25) is 0 Å².